The van der Waals surface area contributed by atoms with Crippen LogP contribution in [0, 0.1) is 18.3 Å². The van der Waals surface area contributed by atoms with Gasteiger partial charge in [0.1, 0.15) is 6.04 Å². The van der Waals surface area contributed by atoms with E-state index in [0.29, 0.717) is 6.61 Å². The van der Waals surface area contributed by atoms with E-state index in [0.717, 1.165) is 19.3 Å². The molecule has 0 aromatic heterocycles. The predicted molar refractivity (Wildman–Crippen MR) is 105 cm³/mol. The van der Waals surface area contributed by atoms with Crippen LogP contribution >= 0.6 is 0 Å². The fraction of sp³-hybridized carbons (Fsp3) is 0.810. The Morgan fingerprint density at radius 2 is 1.54 bits per heavy atom. The summed E-state index contributed by atoms with van der Waals surface area (Å²) < 4.78 is 10.1. The number of hydrogen-bond acceptors (Lipinski definition) is 4. The maximum Gasteiger partial charge on any atom is 0.408 e. The van der Waals surface area contributed by atoms with Crippen molar-refractivity contribution < 1.29 is 19.1 Å². The van der Waals surface area contributed by atoms with E-state index in [2.05, 4.69) is 18.2 Å². The Labute approximate surface area is 159 Å². The van der Waals surface area contributed by atoms with Crippen molar-refractivity contribution in [2.24, 2.45) is 5.92 Å². The topological polar surface area (TPSA) is 64.6 Å². The number of carbonyl (C=O) groups excluding carboxylic acids is 2. The number of unbranched alkanes of at least 4 members (excludes halogenated alkanes) is 8. The molecule has 150 valence electrons. The summed E-state index contributed by atoms with van der Waals surface area (Å²) in [7, 11) is 0. The Balaban J connectivity index is 3.96. The van der Waals surface area contributed by atoms with Gasteiger partial charge in [-0.1, -0.05) is 84.5 Å². The molecule has 2 unspecified atom stereocenters. The minimum absolute atomic E-state index is 0.0380. The van der Waals surface area contributed by atoms with Gasteiger partial charge in [-0.2, -0.15) is 0 Å². The van der Waals surface area contributed by atoms with Crippen LogP contribution in [0.3, 0.4) is 0 Å². The van der Waals surface area contributed by atoms with E-state index in [-0.39, 0.29) is 12.5 Å². The van der Waals surface area contributed by atoms with Gasteiger partial charge in [0.05, 0.1) is 6.61 Å². The molecule has 0 radical (unpaired) electrons. The van der Waals surface area contributed by atoms with Gasteiger partial charge in [-0.3, -0.25) is 0 Å². The largest absolute Gasteiger partial charge is 0.464 e. The Morgan fingerprint density at radius 1 is 0.962 bits per heavy atom. The second kappa shape index (κ2) is 16.8. The van der Waals surface area contributed by atoms with Gasteiger partial charge < -0.3 is 14.8 Å². The highest BCUT2D eigenvalue weighted by molar-refractivity contribution is 5.81. The maximum absolute atomic E-state index is 12.3. The molecular weight excluding hydrogens is 330 g/mol. The van der Waals surface area contributed by atoms with Crippen LogP contribution in [-0.2, 0) is 14.3 Å². The molecule has 2 atom stereocenters. The Morgan fingerprint density at radius 3 is 2.08 bits per heavy atom. The van der Waals surface area contributed by atoms with Crippen LogP contribution in [0.4, 0.5) is 4.79 Å². The molecular formula is C21H37NO4. The van der Waals surface area contributed by atoms with Crippen LogP contribution in [0.5, 0.6) is 0 Å². The van der Waals surface area contributed by atoms with Gasteiger partial charge in [-0.05, 0) is 12.3 Å². The van der Waals surface area contributed by atoms with Crippen molar-refractivity contribution in [3.05, 3.63) is 0 Å². The van der Waals surface area contributed by atoms with E-state index >= 15 is 0 Å². The Kier molecular flexibility index (Phi) is 15.7. The maximum atomic E-state index is 12.3. The first-order valence-electron chi connectivity index (χ1n) is 10.1. The van der Waals surface area contributed by atoms with Gasteiger partial charge in [0.15, 0.2) is 6.61 Å². The molecule has 0 aliphatic rings. The summed E-state index contributed by atoms with van der Waals surface area (Å²) in [6.45, 7) is 6.35. The number of esters is 1. The zero-order valence-electron chi connectivity index (χ0n) is 16.9. The first-order valence-corrected chi connectivity index (χ1v) is 10.1. The van der Waals surface area contributed by atoms with Gasteiger partial charge in [0, 0.05) is 0 Å². The first-order chi connectivity index (χ1) is 12.6. The fourth-order valence-electron chi connectivity index (χ4n) is 2.62. The van der Waals surface area contributed by atoms with E-state index < -0.39 is 18.1 Å². The average molecular weight is 368 g/mol. The van der Waals surface area contributed by atoms with Crippen LogP contribution in [0.1, 0.15) is 85.0 Å². The van der Waals surface area contributed by atoms with Gasteiger partial charge in [-0.25, -0.2) is 9.59 Å². The SMILES string of the molecule is C#CCOC(=O)NC(C(=O)OCCCCCCCCCCC)C(C)CC. The van der Waals surface area contributed by atoms with Crippen LogP contribution in [0.25, 0.3) is 0 Å². The molecule has 5 nitrogen and oxygen atoms in total. The minimum Gasteiger partial charge on any atom is -0.464 e. The molecule has 0 bridgehead atoms. The monoisotopic (exact) mass is 367 g/mol. The van der Waals surface area contributed by atoms with Crippen molar-refractivity contribution in [1.82, 2.24) is 5.32 Å². The van der Waals surface area contributed by atoms with Crippen LogP contribution in [-0.4, -0.2) is 31.3 Å². The number of nitrogens with one attached hydrogen (secondary N) is 1. The molecule has 0 aromatic rings. The molecule has 26 heavy (non-hydrogen) atoms. The molecule has 0 saturated carbocycles. The number of ether oxygens (including phenoxy) is 2. The molecule has 0 aliphatic carbocycles. The van der Waals surface area contributed by atoms with Gasteiger partial charge >= 0.3 is 12.1 Å². The highest BCUT2D eigenvalue weighted by Gasteiger charge is 2.27. The smallest absolute Gasteiger partial charge is 0.408 e. The molecule has 0 saturated heterocycles. The third kappa shape index (κ3) is 12.6. The van der Waals surface area contributed by atoms with Crippen molar-refractivity contribution in [2.75, 3.05) is 13.2 Å². The number of carbonyl (C=O) groups is 2. The lowest BCUT2D eigenvalue weighted by molar-refractivity contribution is -0.147. The summed E-state index contributed by atoms with van der Waals surface area (Å²) >= 11 is 0. The second-order valence-corrected chi connectivity index (χ2v) is 6.78. The summed E-state index contributed by atoms with van der Waals surface area (Å²) in [5, 5.41) is 2.56. The summed E-state index contributed by atoms with van der Waals surface area (Å²) in [6, 6.07) is -0.705. The molecule has 0 aromatic carbocycles. The summed E-state index contributed by atoms with van der Waals surface area (Å²) in [5.41, 5.74) is 0. The van der Waals surface area contributed by atoms with E-state index in [1.807, 2.05) is 13.8 Å². The molecule has 0 spiro atoms. The highest BCUT2D eigenvalue weighted by atomic mass is 16.6. The van der Waals surface area contributed by atoms with E-state index in [9.17, 15) is 9.59 Å². The molecule has 1 amide bonds. The summed E-state index contributed by atoms with van der Waals surface area (Å²) in [5.74, 6) is 1.77. The highest BCUT2D eigenvalue weighted by Crippen LogP contribution is 2.12. The van der Waals surface area contributed by atoms with Crippen LogP contribution in [0.15, 0.2) is 0 Å². The van der Waals surface area contributed by atoms with Gasteiger partial charge in [0.25, 0.3) is 0 Å². The quantitative estimate of drug-likeness (QED) is 0.256. The van der Waals surface area contributed by atoms with E-state index in [1.165, 1.54) is 44.9 Å². The fourth-order valence-corrected chi connectivity index (χ4v) is 2.62. The molecule has 0 fully saturated rings. The van der Waals surface area contributed by atoms with Crippen molar-refractivity contribution in [3.8, 4) is 12.3 Å². The number of amides is 1. The molecule has 0 heterocycles. The van der Waals surface area contributed by atoms with Crippen molar-refractivity contribution in [3.63, 3.8) is 0 Å². The molecule has 0 aliphatic heterocycles. The standard InChI is InChI=1S/C21H37NO4/c1-5-8-9-10-11-12-13-14-15-17-25-20(23)19(18(4)7-3)22-21(24)26-16-6-2/h2,18-19H,5,7-17H2,1,3-4H3,(H,22,24). The zero-order chi connectivity index (χ0) is 19.6. The Hall–Kier alpha value is -1.70. The van der Waals surface area contributed by atoms with Gasteiger partial charge in [-0.15, -0.1) is 6.42 Å². The normalized spacial score (nSPS) is 12.7. The van der Waals surface area contributed by atoms with Crippen LogP contribution in [0.2, 0.25) is 0 Å². The predicted octanol–water partition coefficient (Wildman–Crippen LogP) is 4.83. The molecule has 0 rings (SSSR count). The summed E-state index contributed by atoms with van der Waals surface area (Å²) in [6.07, 6.45) is 16.0. The van der Waals surface area contributed by atoms with Gasteiger partial charge in [0.2, 0.25) is 0 Å². The third-order valence-corrected chi connectivity index (χ3v) is 4.52. The lowest BCUT2D eigenvalue weighted by Gasteiger charge is -2.22. The number of alkyl carbamates (subject to hydrolysis) is 1. The average Bonchev–Trinajstić information content (AvgIpc) is 2.65. The van der Waals surface area contributed by atoms with E-state index in [1.54, 1.807) is 0 Å². The number of rotatable bonds is 15. The lowest BCUT2D eigenvalue weighted by atomic mass is 9.99. The number of terminal acetylenes is 1. The third-order valence-electron chi connectivity index (χ3n) is 4.52. The van der Waals surface area contributed by atoms with Crippen LogP contribution < -0.4 is 5.32 Å². The van der Waals surface area contributed by atoms with Crippen molar-refractivity contribution >= 4 is 12.1 Å². The van der Waals surface area contributed by atoms with Crippen molar-refractivity contribution in [2.45, 2.75) is 91.0 Å². The Bertz CT molecular complexity index is 417. The second-order valence-electron chi connectivity index (χ2n) is 6.78. The zero-order valence-corrected chi connectivity index (χ0v) is 16.9. The number of hydrogen-bond donors (Lipinski definition) is 1. The molecule has 5 heteroatoms. The van der Waals surface area contributed by atoms with E-state index in [4.69, 9.17) is 15.9 Å². The summed E-state index contributed by atoms with van der Waals surface area (Å²) in [4.78, 5) is 23.9. The lowest BCUT2D eigenvalue weighted by Crippen LogP contribution is -2.46. The molecule has 1 N–H and O–H groups in total. The minimum atomic E-state index is -0.705. The van der Waals surface area contributed by atoms with Crippen molar-refractivity contribution in [1.29, 1.82) is 0 Å². The first kappa shape index (κ1) is 24.3.